The molecule has 1 N–H and O–H groups in total. The zero-order chi connectivity index (χ0) is 14.9. The van der Waals surface area contributed by atoms with Crippen LogP contribution in [0, 0.1) is 0 Å². The molecule has 0 saturated heterocycles. The molecule has 0 radical (unpaired) electrons. The van der Waals surface area contributed by atoms with E-state index in [2.05, 4.69) is 41.5 Å². The zero-order valence-corrected chi connectivity index (χ0v) is 12.6. The first-order chi connectivity index (χ1) is 10.3. The molecule has 112 valence electrons. The van der Waals surface area contributed by atoms with Gasteiger partial charge in [0, 0.05) is 19.7 Å². The number of benzene rings is 1. The lowest BCUT2D eigenvalue weighted by molar-refractivity contribution is 0.144. The van der Waals surface area contributed by atoms with Crippen molar-refractivity contribution in [3.63, 3.8) is 0 Å². The highest BCUT2D eigenvalue weighted by molar-refractivity contribution is 5.42. The maximum Gasteiger partial charge on any atom is 0.213 e. The Balaban J connectivity index is 1.82. The van der Waals surface area contributed by atoms with Crippen LogP contribution in [0.15, 0.2) is 42.6 Å². The van der Waals surface area contributed by atoms with Crippen molar-refractivity contribution >= 4 is 5.69 Å². The molecule has 0 atom stereocenters. The highest BCUT2D eigenvalue weighted by Gasteiger charge is 1.98. The topological polar surface area (TPSA) is 43.4 Å². The number of methoxy groups -OCH3 is 1. The third-order valence-corrected chi connectivity index (χ3v) is 3.20. The Kier molecular flexibility index (Phi) is 6.03. The predicted molar refractivity (Wildman–Crippen MR) is 84.8 cm³/mol. The van der Waals surface area contributed by atoms with Gasteiger partial charge in [0.25, 0.3) is 0 Å². The third kappa shape index (κ3) is 5.08. The van der Waals surface area contributed by atoms with Gasteiger partial charge in [-0.25, -0.2) is 4.98 Å². The Morgan fingerprint density at radius 3 is 2.38 bits per heavy atom. The fourth-order valence-electron chi connectivity index (χ4n) is 1.90. The number of ether oxygens (including phenoxy) is 2. The molecule has 0 aliphatic rings. The van der Waals surface area contributed by atoms with Crippen LogP contribution in [0.2, 0.25) is 0 Å². The maximum atomic E-state index is 5.43. The molecule has 1 aromatic carbocycles. The normalized spacial score (nSPS) is 10.4. The standard InChI is InChI=1S/C17H22N2O2/c1-3-14-4-6-15(7-5-14)12-18-16-8-9-17(19-13-16)21-11-10-20-2/h4-9,13,18H,3,10-12H2,1-2H3. The van der Waals surface area contributed by atoms with Crippen LogP contribution in [0.1, 0.15) is 18.1 Å². The summed E-state index contributed by atoms with van der Waals surface area (Å²) in [6.07, 6.45) is 2.85. The summed E-state index contributed by atoms with van der Waals surface area (Å²) in [6.45, 7) is 4.03. The minimum absolute atomic E-state index is 0.514. The summed E-state index contributed by atoms with van der Waals surface area (Å²) < 4.78 is 10.4. The fourth-order valence-corrected chi connectivity index (χ4v) is 1.90. The van der Waals surface area contributed by atoms with Gasteiger partial charge in [0.15, 0.2) is 0 Å². The summed E-state index contributed by atoms with van der Waals surface area (Å²) in [6, 6.07) is 12.5. The van der Waals surface area contributed by atoms with Gasteiger partial charge >= 0.3 is 0 Å². The molecule has 0 aliphatic carbocycles. The van der Waals surface area contributed by atoms with Crippen molar-refractivity contribution in [1.82, 2.24) is 4.98 Å². The van der Waals surface area contributed by atoms with E-state index >= 15 is 0 Å². The summed E-state index contributed by atoms with van der Waals surface area (Å²) in [7, 11) is 1.65. The van der Waals surface area contributed by atoms with Gasteiger partial charge in [0.05, 0.1) is 18.5 Å². The van der Waals surface area contributed by atoms with E-state index < -0.39 is 0 Å². The smallest absolute Gasteiger partial charge is 0.213 e. The van der Waals surface area contributed by atoms with Crippen molar-refractivity contribution in [3.8, 4) is 5.88 Å². The summed E-state index contributed by atoms with van der Waals surface area (Å²) in [5.41, 5.74) is 3.60. The number of aromatic nitrogens is 1. The lowest BCUT2D eigenvalue weighted by Crippen LogP contribution is -2.05. The third-order valence-electron chi connectivity index (χ3n) is 3.20. The molecule has 1 heterocycles. The van der Waals surface area contributed by atoms with Crippen LogP contribution < -0.4 is 10.1 Å². The average molecular weight is 286 g/mol. The number of hydrogen-bond donors (Lipinski definition) is 1. The number of hydrogen-bond acceptors (Lipinski definition) is 4. The second-order valence-corrected chi connectivity index (χ2v) is 4.75. The molecule has 4 nitrogen and oxygen atoms in total. The largest absolute Gasteiger partial charge is 0.475 e. The fraction of sp³-hybridized carbons (Fsp3) is 0.353. The number of nitrogens with zero attached hydrogens (tertiary/aromatic N) is 1. The van der Waals surface area contributed by atoms with Crippen LogP contribution in [0.25, 0.3) is 0 Å². The molecule has 21 heavy (non-hydrogen) atoms. The first-order valence-corrected chi connectivity index (χ1v) is 7.21. The number of pyridine rings is 1. The summed E-state index contributed by atoms with van der Waals surface area (Å²) in [5, 5.41) is 3.35. The second-order valence-electron chi connectivity index (χ2n) is 4.75. The molecule has 2 aromatic rings. The maximum absolute atomic E-state index is 5.43. The monoisotopic (exact) mass is 286 g/mol. The average Bonchev–Trinajstić information content (AvgIpc) is 2.55. The van der Waals surface area contributed by atoms with Gasteiger partial charge in [-0.15, -0.1) is 0 Å². The Labute approximate surface area is 126 Å². The van der Waals surface area contributed by atoms with Crippen LogP contribution in [-0.4, -0.2) is 25.3 Å². The summed E-state index contributed by atoms with van der Waals surface area (Å²) in [4.78, 5) is 4.25. The van der Waals surface area contributed by atoms with E-state index in [9.17, 15) is 0 Å². The van der Waals surface area contributed by atoms with Crippen molar-refractivity contribution < 1.29 is 9.47 Å². The lowest BCUT2D eigenvalue weighted by Gasteiger charge is -2.08. The SMILES string of the molecule is CCc1ccc(CNc2ccc(OCCOC)nc2)cc1. The molecule has 0 bridgehead atoms. The van der Waals surface area contributed by atoms with E-state index in [1.54, 1.807) is 13.3 Å². The van der Waals surface area contributed by atoms with Crippen LogP contribution in [0.3, 0.4) is 0 Å². The van der Waals surface area contributed by atoms with Crippen molar-refractivity contribution in [2.24, 2.45) is 0 Å². The molecule has 0 amide bonds. The molecule has 4 heteroatoms. The lowest BCUT2D eigenvalue weighted by atomic mass is 10.1. The highest BCUT2D eigenvalue weighted by Crippen LogP contribution is 2.13. The number of nitrogens with one attached hydrogen (secondary N) is 1. The van der Waals surface area contributed by atoms with Gasteiger partial charge in [-0.1, -0.05) is 31.2 Å². The molecular formula is C17H22N2O2. The molecule has 0 aliphatic heterocycles. The zero-order valence-electron chi connectivity index (χ0n) is 12.6. The molecule has 0 unspecified atom stereocenters. The Morgan fingerprint density at radius 1 is 1.00 bits per heavy atom. The van der Waals surface area contributed by atoms with Crippen molar-refractivity contribution in [1.29, 1.82) is 0 Å². The van der Waals surface area contributed by atoms with Gasteiger partial charge in [0.2, 0.25) is 5.88 Å². The van der Waals surface area contributed by atoms with Crippen molar-refractivity contribution in [3.05, 3.63) is 53.7 Å². The second kappa shape index (κ2) is 8.27. The van der Waals surface area contributed by atoms with Crippen molar-refractivity contribution in [2.45, 2.75) is 19.9 Å². The highest BCUT2D eigenvalue weighted by atomic mass is 16.5. The molecule has 2 rings (SSSR count). The molecule has 0 saturated carbocycles. The van der Waals surface area contributed by atoms with Crippen LogP contribution in [-0.2, 0) is 17.7 Å². The van der Waals surface area contributed by atoms with E-state index in [0.29, 0.717) is 19.1 Å². The first kappa shape index (κ1) is 15.3. The van der Waals surface area contributed by atoms with E-state index in [1.165, 1.54) is 11.1 Å². The minimum Gasteiger partial charge on any atom is -0.475 e. The quantitative estimate of drug-likeness (QED) is 0.756. The van der Waals surface area contributed by atoms with Gasteiger partial charge in [-0.2, -0.15) is 0 Å². The predicted octanol–water partition coefficient (Wildman–Crippen LogP) is 3.28. The van der Waals surface area contributed by atoms with E-state index in [0.717, 1.165) is 18.7 Å². The van der Waals surface area contributed by atoms with Crippen LogP contribution in [0.4, 0.5) is 5.69 Å². The summed E-state index contributed by atoms with van der Waals surface area (Å²) >= 11 is 0. The van der Waals surface area contributed by atoms with Gasteiger partial charge in [-0.05, 0) is 23.6 Å². The number of aryl methyl sites for hydroxylation is 1. The molecule has 0 spiro atoms. The summed E-state index contributed by atoms with van der Waals surface area (Å²) in [5.74, 6) is 0.616. The number of anilines is 1. The molecular weight excluding hydrogens is 264 g/mol. The van der Waals surface area contributed by atoms with Crippen LogP contribution in [0.5, 0.6) is 5.88 Å². The first-order valence-electron chi connectivity index (χ1n) is 7.21. The van der Waals surface area contributed by atoms with Gasteiger partial charge in [0.1, 0.15) is 6.61 Å². The molecule has 0 fully saturated rings. The van der Waals surface area contributed by atoms with Crippen LogP contribution >= 0.6 is 0 Å². The Hall–Kier alpha value is -2.07. The Bertz CT molecular complexity index is 523. The van der Waals surface area contributed by atoms with Crippen molar-refractivity contribution in [2.75, 3.05) is 25.6 Å². The Morgan fingerprint density at radius 2 is 1.76 bits per heavy atom. The van der Waals surface area contributed by atoms with E-state index in [-0.39, 0.29) is 0 Å². The minimum atomic E-state index is 0.514. The van der Waals surface area contributed by atoms with Gasteiger partial charge < -0.3 is 14.8 Å². The van der Waals surface area contributed by atoms with Gasteiger partial charge in [-0.3, -0.25) is 0 Å². The van der Waals surface area contributed by atoms with E-state index in [4.69, 9.17) is 9.47 Å². The molecule has 1 aromatic heterocycles. The number of rotatable bonds is 8. The van der Waals surface area contributed by atoms with E-state index in [1.807, 2.05) is 12.1 Å².